The Kier molecular flexibility index (Phi) is 11.3. The Morgan fingerprint density at radius 3 is 2.60 bits per heavy atom. The van der Waals surface area contributed by atoms with Gasteiger partial charge >= 0.3 is 0 Å². The highest BCUT2D eigenvalue weighted by molar-refractivity contribution is 5.84. The van der Waals surface area contributed by atoms with E-state index < -0.39 is 0 Å². The molecule has 7 nitrogen and oxygen atoms in total. The van der Waals surface area contributed by atoms with E-state index in [4.69, 9.17) is 4.74 Å². The fourth-order valence-electron chi connectivity index (χ4n) is 3.39. The van der Waals surface area contributed by atoms with Gasteiger partial charge in [-0.2, -0.15) is 0 Å². The number of unbranched alkanes of at least 4 members (excludes halogenated alkanes) is 1. The van der Waals surface area contributed by atoms with Gasteiger partial charge in [0.15, 0.2) is 5.96 Å². The first-order valence-corrected chi connectivity index (χ1v) is 11.2. The van der Waals surface area contributed by atoms with Gasteiger partial charge in [0.2, 0.25) is 5.91 Å². The van der Waals surface area contributed by atoms with Crippen LogP contribution in [0.3, 0.4) is 0 Å². The number of rotatable bonds is 11. The molecule has 0 unspecified atom stereocenters. The summed E-state index contributed by atoms with van der Waals surface area (Å²) >= 11 is 0. The molecule has 1 aromatic rings. The highest BCUT2D eigenvalue weighted by Crippen LogP contribution is 2.13. The number of carbonyl (C=O) groups is 1. The summed E-state index contributed by atoms with van der Waals surface area (Å²) in [6.45, 7) is 7.67. The first-order valence-electron chi connectivity index (χ1n) is 11.2. The standard InChI is InChI=1S/C23H39N5O2/c1-4-30-17-9-8-14-24-23(25-18-22(29)27(2)3)26-21-12-15-28(16-13-21)19-20-10-6-5-7-11-20/h5-7,10-11,21H,4,8-9,12-19H2,1-3H3,(H2,24,25,26). The van der Waals surface area contributed by atoms with Crippen LogP contribution in [-0.2, 0) is 16.1 Å². The molecule has 0 radical (unpaired) electrons. The number of hydrogen-bond donors (Lipinski definition) is 2. The monoisotopic (exact) mass is 417 g/mol. The zero-order valence-corrected chi connectivity index (χ0v) is 18.9. The molecule has 0 aliphatic carbocycles. The van der Waals surface area contributed by atoms with Gasteiger partial charge in [-0.3, -0.25) is 9.69 Å². The third kappa shape index (κ3) is 9.59. The van der Waals surface area contributed by atoms with Crippen LogP contribution in [0.15, 0.2) is 35.3 Å². The molecule has 2 N–H and O–H groups in total. The minimum Gasteiger partial charge on any atom is -0.382 e. The van der Waals surface area contributed by atoms with Crippen LogP contribution in [0.5, 0.6) is 0 Å². The number of nitrogens with one attached hydrogen (secondary N) is 2. The van der Waals surface area contributed by atoms with Gasteiger partial charge in [-0.25, -0.2) is 4.99 Å². The first kappa shape index (κ1) is 24.2. The van der Waals surface area contributed by atoms with Crippen molar-refractivity contribution in [3.8, 4) is 0 Å². The van der Waals surface area contributed by atoms with Crippen molar-refractivity contribution in [2.24, 2.45) is 4.99 Å². The smallest absolute Gasteiger partial charge is 0.243 e. The number of piperidine rings is 1. The molecular formula is C23H39N5O2. The SMILES string of the molecule is CCOCCCCNC(=NCC(=O)N(C)C)NC1CCN(Cc2ccccc2)CC1. The maximum Gasteiger partial charge on any atom is 0.243 e. The zero-order chi connectivity index (χ0) is 21.6. The largest absolute Gasteiger partial charge is 0.382 e. The van der Waals surface area contributed by atoms with Gasteiger partial charge in [-0.15, -0.1) is 0 Å². The second-order valence-electron chi connectivity index (χ2n) is 7.96. The van der Waals surface area contributed by atoms with Crippen LogP contribution in [0.1, 0.15) is 38.2 Å². The molecule has 0 bridgehead atoms. The molecule has 2 rings (SSSR count). The fraction of sp³-hybridized carbons (Fsp3) is 0.652. The molecule has 0 spiro atoms. The second kappa shape index (κ2) is 14.0. The highest BCUT2D eigenvalue weighted by atomic mass is 16.5. The minimum atomic E-state index is 0.00475. The lowest BCUT2D eigenvalue weighted by Gasteiger charge is -2.33. The molecule has 1 heterocycles. The van der Waals surface area contributed by atoms with E-state index in [0.717, 1.165) is 71.0 Å². The lowest BCUT2D eigenvalue weighted by atomic mass is 10.0. The van der Waals surface area contributed by atoms with Gasteiger partial charge in [-0.1, -0.05) is 30.3 Å². The van der Waals surface area contributed by atoms with Crippen LogP contribution >= 0.6 is 0 Å². The Labute approximate surface area is 181 Å². The van der Waals surface area contributed by atoms with Gasteiger partial charge in [-0.05, 0) is 38.2 Å². The van der Waals surface area contributed by atoms with Crippen molar-refractivity contribution in [3.05, 3.63) is 35.9 Å². The van der Waals surface area contributed by atoms with Crippen molar-refractivity contribution in [2.45, 2.75) is 45.2 Å². The fourth-order valence-corrected chi connectivity index (χ4v) is 3.39. The summed E-state index contributed by atoms with van der Waals surface area (Å²) in [4.78, 5) is 20.5. The van der Waals surface area contributed by atoms with E-state index in [1.165, 1.54) is 5.56 Å². The molecule has 1 saturated heterocycles. The summed E-state index contributed by atoms with van der Waals surface area (Å²) in [5.41, 5.74) is 1.36. The minimum absolute atomic E-state index is 0.00475. The predicted molar refractivity (Wildman–Crippen MR) is 123 cm³/mol. The van der Waals surface area contributed by atoms with E-state index in [1.54, 1.807) is 19.0 Å². The molecule has 1 amide bonds. The number of likely N-dealkylation sites (tertiary alicyclic amines) is 1. The van der Waals surface area contributed by atoms with Crippen molar-refractivity contribution >= 4 is 11.9 Å². The molecule has 1 aliphatic heterocycles. The average molecular weight is 418 g/mol. The Balaban J connectivity index is 1.79. The third-order valence-corrected chi connectivity index (χ3v) is 5.26. The van der Waals surface area contributed by atoms with Gasteiger partial charge in [0.25, 0.3) is 0 Å². The van der Waals surface area contributed by atoms with Crippen LogP contribution in [0.4, 0.5) is 0 Å². The number of amides is 1. The van der Waals surface area contributed by atoms with Crippen LogP contribution in [0, 0.1) is 0 Å². The average Bonchev–Trinajstić information content (AvgIpc) is 2.76. The summed E-state index contributed by atoms with van der Waals surface area (Å²) in [7, 11) is 3.52. The summed E-state index contributed by atoms with van der Waals surface area (Å²) in [6, 6.07) is 11.0. The summed E-state index contributed by atoms with van der Waals surface area (Å²) in [5, 5.41) is 6.94. The quantitative estimate of drug-likeness (QED) is 0.328. The van der Waals surface area contributed by atoms with E-state index in [0.29, 0.717) is 6.04 Å². The van der Waals surface area contributed by atoms with E-state index in [-0.39, 0.29) is 12.5 Å². The van der Waals surface area contributed by atoms with Crippen molar-refractivity contribution < 1.29 is 9.53 Å². The topological polar surface area (TPSA) is 69.2 Å². The molecule has 0 aromatic heterocycles. The number of nitrogens with zero attached hydrogens (tertiary/aromatic N) is 3. The van der Waals surface area contributed by atoms with Gasteiger partial charge in [0.1, 0.15) is 6.54 Å². The van der Waals surface area contributed by atoms with Crippen molar-refractivity contribution in [2.75, 3.05) is 53.5 Å². The number of likely N-dealkylation sites (N-methyl/N-ethyl adjacent to an activating group) is 1. The van der Waals surface area contributed by atoms with Gasteiger partial charge in [0.05, 0.1) is 0 Å². The maximum absolute atomic E-state index is 11.9. The van der Waals surface area contributed by atoms with Crippen LogP contribution in [0.25, 0.3) is 0 Å². The lowest BCUT2D eigenvalue weighted by molar-refractivity contribution is -0.127. The highest BCUT2D eigenvalue weighted by Gasteiger charge is 2.20. The number of guanidine groups is 1. The van der Waals surface area contributed by atoms with E-state index in [1.807, 2.05) is 6.92 Å². The van der Waals surface area contributed by atoms with Crippen LogP contribution in [-0.4, -0.2) is 81.2 Å². The van der Waals surface area contributed by atoms with E-state index in [2.05, 4.69) is 50.9 Å². The summed E-state index contributed by atoms with van der Waals surface area (Å²) in [5.74, 6) is 0.744. The lowest BCUT2D eigenvalue weighted by Crippen LogP contribution is -2.49. The Bertz CT molecular complexity index is 628. The zero-order valence-electron chi connectivity index (χ0n) is 18.9. The molecule has 30 heavy (non-hydrogen) atoms. The van der Waals surface area contributed by atoms with Gasteiger partial charge < -0.3 is 20.3 Å². The molecule has 0 atom stereocenters. The Morgan fingerprint density at radius 1 is 1.20 bits per heavy atom. The van der Waals surface area contributed by atoms with Crippen molar-refractivity contribution in [1.82, 2.24) is 20.4 Å². The number of carbonyl (C=O) groups excluding carboxylic acids is 1. The van der Waals surface area contributed by atoms with Crippen LogP contribution < -0.4 is 10.6 Å². The number of benzene rings is 1. The predicted octanol–water partition coefficient (Wildman–Crippen LogP) is 2.09. The normalized spacial score (nSPS) is 15.8. The number of hydrogen-bond acceptors (Lipinski definition) is 4. The number of aliphatic imine (C=N–C) groups is 1. The third-order valence-electron chi connectivity index (χ3n) is 5.26. The molecule has 168 valence electrons. The molecule has 7 heteroatoms. The second-order valence-corrected chi connectivity index (χ2v) is 7.96. The number of ether oxygens (including phenoxy) is 1. The van der Waals surface area contributed by atoms with Crippen molar-refractivity contribution in [1.29, 1.82) is 0 Å². The van der Waals surface area contributed by atoms with Crippen molar-refractivity contribution in [3.63, 3.8) is 0 Å². The molecule has 1 aliphatic rings. The van der Waals surface area contributed by atoms with E-state index >= 15 is 0 Å². The molecule has 1 aromatic carbocycles. The Morgan fingerprint density at radius 2 is 1.93 bits per heavy atom. The van der Waals surface area contributed by atoms with Crippen LogP contribution in [0.2, 0.25) is 0 Å². The molecule has 0 saturated carbocycles. The molecular weight excluding hydrogens is 378 g/mol. The maximum atomic E-state index is 11.9. The Hall–Kier alpha value is -2.12. The summed E-state index contributed by atoms with van der Waals surface area (Å²) in [6.07, 6.45) is 4.17. The van der Waals surface area contributed by atoms with Gasteiger partial charge in [0, 0.05) is 59.5 Å². The van der Waals surface area contributed by atoms with E-state index in [9.17, 15) is 4.79 Å². The molecule has 1 fully saturated rings. The first-order chi connectivity index (χ1) is 14.6. The summed E-state index contributed by atoms with van der Waals surface area (Å²) < 4.78 is 5.39.